The topological polar surface area (TPSA) is 70.3 Å². The summed E-state index contributed by atoms with van der Waals surface area (Å²) in [7, 11) is 0. The van der Waals surface area contributed by atoms with E-state index in [0.717, 1.165) is 0 Å². The van der Waals surface area contributed by atoms with Crippen molar-refractivity contribution in [3.63, 3.8) is 0 Å². The molecule has 0 fully saturated rings. The monoisotopic (exact) mass is 195 g/mol. The smallest absolute Gasteiger partial charge is 0.378 e. The maximum Gasteiger partial charge on any atom is 0.378 e. The Morgan fingerprint density at radius 1 is 1.57 bits per heavy atom. The summed E-state index contributed by atoms with van der Waals surface area (Å²) in [6.07, 6.45) is -2.45. The first-order valence-corrected chi connectivity index (χ1v) is 3.68. The lowest BCUT2D eigenvalue weighted by Gasteiger charge is -2.07. The van der Waals surface area contributed by atoms with Crippen LogP contribution in [0.15, 0.2) is 24.3 Å². The van der Waals surface area contributed by atoms with Crippen molar-refractivity contribution >= 4 is 5.97 Å². The zero-order chi connectivity index (χ0) is 10.6. The van der Waals surface area contributed by atoms with Gasteiger partial charge in [0.05, 0.1) is 5.56 Å². The molecular weight excluding hydrogens is 189 g/mol. The van der Waals surface area contributed by atoms with Gasteiger partial charge in [-0.1, -0.05) is 12.1 Å². The molecule has 4 nitrogen and oxygen atoms in total. The van der Waals surface area contributed by atoms with Gasteiger partial charge in [-0.05, 0) is 12.1 Å². The summed E-state index contributed by atoms with van der Waals surface area (Å²) in [6, 6.07) is 7.58. The van der Waals surface area contributed by atoms with Gasteiger partial charge in [-0.2, -0.15) is 9.65 Å². The van der Waals surface area contributed by atoms with E-state index in [1.807, 2.05) is 0 Å². The van der Waals surface area contributed by atoms with Crippen LogP contribution in [0.4, 0.5) is 4.39 Å². The number of aliphatic carboxylic acids is 1. The Morgan fingerprint density at radius 2 is 2.21 bits per heavy atom. The van der Waals surface area contributed by atoms with Crippen molar-refractivity contribution in [2.45, 2.75) is 6.36 Å². The van der Waals surface area contributed by atoms with Crippen LogP contribution in [0.3, 0.4) is 0 Å². The third kappa shape index (κ3) is 2.20. The van der Waals surface area contributed by atoms with Crippen molar-refractivity contribution in [2.75, 3.05) is 0 Å². The van der Waals surface area contributed by atoms with Crippen LogP contribution in [-0.4, -0.2) is 17.4 Å². The molecule has 5 heteroatoms. The van der Waals surface area contributed by atoms with Crippen LogP contribution in [0.25, 0.3) is 0 Å². The molecule has 0 saturated heterocycles. The van der Waals surface area contributed by atoms with E-state index < -0.39 is 12.3 Å². The van der Waals surface area contributed by atoms with Gasteiger partial charge in [-0.25, -0.2) is 4.79 Å². The fourth-order valence-electron chi connectivity index (χ4n) is 0.824. The van der Waals surface area contributed by atoms with Gasteiger partial charge in [-0.15, -0.1) is 0 Å². The number of carboxylic acid groups (broad SMARTS) is 1. The third-order valence-electron chi connectivity index (χ3n) is 1.43. The number of rotatable bonds is 3. The minimum absolute atomic E-state index is 0.0788. The van der Waals surface area contributed by atoms with Crippen molar-refractivity contribution in [1.29, 1.82) is 5.26 Å². The highest BCUT2D eigenvalue weighted by Crippen LogP contribution is 2.18. The van der Waals surface area contributed by atoms with Gasteiger partial charge in [0, 0.05) is 0 Å². The predicted molar refractivity (Wildman–Crippen MR) is 44.3 cm³/mol. The molecule has 0 unspecified atom stereocenters. The van der Waals surface area contributed by atoms with E-state index in [4.69, 9.17) is 10.4 Å². The first-order valence-electron chi connectivity index (χ1n) is 3.68. The molecule has 0 aromatic heterocycles. The molecule has 0 saturated carbocycles. The maximum absolute atomic E-state index is 12.6. The summed E-state index contributed by atoms with van der Waals surface area (Å²) < 4.78 is 17.0. The Labute approximate surface area is 79.2 Å². The molecule has 0 radical (unpaired) electrons. The number of ether oxygens (including phenoxy) is 1. The molecule has 0 aliphatic carbocycles. The van der Waals surface area contributed by atoms with Crippen molar-refractivity contribution in [2.24, 2.45) is 0 Å². The van der Waals surface area contributed by atoms with Crippen molar-refractivity contribution in [1.82, 2.24) is 0 Å². The normalized spacial score (nSPS) is 11.4. The van der Waals surface area contributed by atoms with E-state index in [2.05, 4.69) is 4.74 Å². The average molecular weight is 195 g/mol. The van der Waals surface area contributed by atoms with E-state index >= 15 is 0 Å². The molecule has 72 valence electrons. The summed E-state index contributed by atoms with van der Waals surface area (Å²) in [6.45, 7) is 0. The van der Waals surface area contributed by atoms with Gasteiger partial charge in [-0.3, -0.25) is 0 Å². The van der Waals surface area contributed by atoms with Crippen LogP contribution in [0.5, 0.6) is 5.75 Å². The Hall–Kier alpha value is -2.09. The van der Waals surface area contributed by atoms with Gasteiger partial charge < -0.3 is 9.84 Å². The molecular formula is C9H6FNO3. The minimum atomic E-state index is -2.45. The number of carbonyl (C=O) groups is 1. The zero-order valence-corrected chi connectivity index (χ0v) is 6.98. The van der Waals surface area contributed by atoms with Gasteiger partial charge in [0.1, 0.15) is 11.8 Å². The quantitative estimate of drug-likeness (QED) is 0.789. The lowest BCUT2D eigenvalue weighted by molar-refractivity contribution is -0.153. The maximum atomic E-state index is 12.6. The molecule has 0 bridgehead atoms. The van der Waals surface area contributed by atoms with Crippen molar-refractivity contribution in [3.8, 4) is 11.8 Å². The van der Waals surface area contributed by atoms with Crippen molar-refractivity contribution < 1.29 is 19.0 Å². The largest absolute Gasteiger partial charge is 0.476 e. The summed E-state index contributed by atoms with van der Waals surface area (Å²) in [5, 5.41) is 16.8. The van der Waals surface area contributed by atoms with Gasteiger partial charge >= 0.3 is 12.3 Å². The molecule has 0 amide bonds. The second kappa shape index (κ2) is 4.23. The molecule has 1 aromatic carbocycles. The predicted octanol–water partition coefficient (Wildman–Crippen LogP) is 1.32. The minimum Gasteiger partial charge on any atom is -0.476 e. The number of halogens is 1. The van der Waals surface area contributed by atoms with Gasteiger partial charge in [0.25, 0.3) is 0 Å². The summed E-state index contributed by atoms with van der Waals surface area (Å²) in [5.74, 6) is -1.80. The van der Waals surface area contributed by atoms with Crippen LogP contribution in [0.2, 0.25) is 0 Å². The van der Waals surface area contributed by atoms with E-state index in [1.54, 1.807) is 12.1 Å². The average Bonchev–Trinajstić information content (AvgIpc) is 2.18. The molecule has 0 spiro atoms. The summed E-state index contributed by atoms with van der Waals surface area (Å²) >= 11 is 0. The van der Waals surface area contributed by atoms with Crippen LogP contribution in [-0.2, 0) is 4.79 Å². The standard InChI is InChI=1S/C9H6FNO3/c10-8(9(12)13)14-7-4-2-1-3-6(7)5-11/h1-4,8H,(H,12,13)/t8-/m0/s1. The fourth-order valence-corrected chi connectivity index (χ4v) is 0.824. The molecule has 14 heavy (non-hydrogen) atoms. The number of hydrogen-bond donors (Lipinski definition) is 1. The highest BCUT2D eigenvalue weighted by molar-refractivity contribution is 5.71. The van der Waals surface area contributed by atoms with E-state index in [9.17, 15) is 9.18 Å². The number of para-hydroxylation sites is 1. The Bertz CT molecular complexity index is 386. The highest BCUT2D eigenvalue weighted by Gasteiger charge is 2.18. The number of benzene rings is 1. The Kier molecular flexibility index (Phi) is 3.02. The van der Waals surface area contributed by atoms with E-state index in [0.29, 0.717) is 0 Å². The lowest BCUT2D eigenvalue weighted by atomic mass is 10.2. The number of hydrogen-bond acceptors (Lipinski definition) is 3. The lowest BCUT2D eigenvalue weighted by Crippen LogP contribution is -2.21. The summed E-state index contributed by atoms with van der Waals surface area (Å²) in [4.78, 5) is 10.1. The second-order valence-corrected chi connectivity index (χ2v) is 2.38. The van der Waals surface area contributed by atoms with Crippen LogP contribution in [0.1, 0.15) is 5.56 Å². The van der Waals surface area contributed by atoms with Crippen LogP contribution in [0, 0.1) is 11.3 Å². The van der Waals surface area contributed by atoms with E-state index in [-0.39, 0.29) is 11.3 Å². The van der Waals surface area contributed by atoms with Crippen molar-refractivity contribution in [3.05, 3.63) is 29.8 Å². The molecule has 1 aromatic rings. The molecule has 1 atom stereocenters. The van der Waals surface area contributed by atoms with Crippen LogP contribution >= 0.6 is 0 Å². The Morgan fingerprint density at radius 3 is 2.79 bits per heavy atom. The number of nitrogens with zero attached hydrogens (tertiary/aromatic N) is 1. The summed E-state index contributed by atoms with van der Waals surface area (Å²) in [5.41, 5.74) is 0.0939. The van der Waals surface area contributed by atoms with Crippen LogP contribution < -0.4 is 4.74 Å². The number of nitriles is 1. The number of alkyl halides is 1. The molecule has 0 aliphatic rings. The molecule has 1 rings (SSSR count). The van der Waals surface area contributed by atoms with Gasteiger partial charge in [0.2, 0.25) is 0 Å². The fraction of sp³-hybridized carbons (Fsp3) is 0.111. The van der Waals surface area contributed by atoms with E-state index in [1.165, 1.54) is 18.2 Å². The molecule has 1 N–H and O–H groups in total. The highest BCUT2D eigenvalue weighted by atomic mass is 19.1. The second-order valence-electron chi connectivity index (χ2n) is 2.38. The number of carboxylic acids is 1. The Balaban J connectivity index is 2.87. The zero-order valence-electron chi connectivity index (χ0n) is 6.98. The first-order chi connectivity index (χ1) is 6.65. The molecule has 0 aliphatic heterocycles. The van der Waals surface area contributed by atoms with Gasteiger partial charge in [0.15, 0.2) is 0 Å². The SMILES string of the molecule is N#Cc1ccccc1O[C@H](F)C(=O)O. The molecule has 0 heterocycles. The third-order valence-corrected chi connectivity index (χ3v) is 1.43. The first kappa shape index (κ1) is 9.99.